The molecule has 2 rings (SSSR count). The molecule has 1 amide bonds. The largest absolute Gasteiger partial charge is 0.493 e. The van der Waals surface area contributed by atoms with E-state index < -0.39 is 0 Å². The molecule has 0 heterocycles. The molecule has 0 unspecified atom stereocenters. The quantitative estimate of drug-likeness (QED) is 0.563. The van der Waals surface area contributed by atoms with E-state index in [-0.39, 0.29) is 12.5 Å². The summed E-state index contributed by atoms with van der Waals surface area (Å²) in [6.07, 6.45) is 0.633. The maximum atomic E-state index is 11.9. The summed E-state index contributed by atoms with van der Waals surface area (Å²) in [4.78, 5) is 11.9. The SMILES string of the molecule is CC/C(=N\NC(=O)COc1ccc(Cl)cc1)c1ccc(OC)c(OC)c1. The van der Waals surface area contributed by atoms with Crippen LogP contribution in [0.4, 0.5) is 0 Å². The van der Waals surface area contributed by atoms with Crippen molar-refractivity contribution in [3.8, 4) is 17.2 Å². The highest BCUT2D eigenvalue weighted by atomic mass is 35.5. The van der Waals surface area contributed by atoms with Crippen molar-refractivity contribution in [1.29, 1.82) is 0 Å². The Morgan fingerprint density at radius 3 is 2.38 bits per heavy atom. The van der Waals surface area contributed by atoms with Crippen LogP contribution in [0.3, 0.4) is 0 Å². The van der Waals surface area contributed by atoms with Gasteiger partial charge in [-0.2, -0.15) is 5.10 Å². The molecule has 0 aliphatic carbocycles. The van der Waals surface area contributed by atoms with Gasteiger partial charge in [0.1, 0.15) is 5.75 Å². The topological polar surface area (TPSA) is 69.2 Å². The second kappa shape index (κ2) is 9.68. The van der Waals surface area contributed by atoms with Crippen molar-refractivity contribution in [2.24, 2.45) is 5.10 Å². The number of rotatable bonds is 8. The molecule has 138 valence electrons. The number of carbonyl (C=O) groups excluding carboxylic acids is 1. The van der Waals surface area contributed by atoms with E-state index in [1.165, 1.54) is 0 Å². The van der Waals surface area contributed by atoms with Crippen molar-refractivity contribution in [2.45, 2.75) is 13.3 Å². The lowest BCUT2D eigenvalue weighted by molar-refractivity contribution is -0.123. The van der Waals surface area contributed by atoms with Crippen LogP contribution in [-0.4, -0.2) is 32.4 Å². The van der Waals surface area contributed by atoms with E-state index in [9.17, 15) is 4.79 Å². The Balaban J connectivity index is 1.99. The minimum absolute atomic E-state index is 0.145. The van der Waals surface area contributed by atoms with E-state index in [4.69, 9.17) is 25.8 Å². The monoisotopic (exact) mass is 376 g/mol. The summed E-state index contributed by atoms with van der Waals surface area (Å²) in [5.41, 5.74) is 4.06. The zero-order valence-electron chi connectivity index (χ0n) is 14.9. The van der Waals surface area contributed by atoms with Crippen molar-refractivity contribution < 1.29 is 19.0 Å². The average Bonchev–Trinajstić information content (AvgIpc) is 2.67. The van der Waals surface area contributed by atoms with Gasteiger partial charge in [0.05, 0.1) is 19.9 Å². The van der Waals surface area contributed by atoms with E-state index in [1.807, 2.05) is 19.1 Å². The maximum absolute atomic E-state index is 11.9. The number of nitrogens with one attached hydrogen (secondary N) is 1. The summed E-state index contributed by atoms with van der Waals surface area (Å²) in [7, 11) is 3.15. The number of methoxy groups -OCH3 is 2. The van der Waals surface area contributed by atoms with Crippen molar-refractivity contribution in [3.05, 3.63) is 53.1 Å². The fourth-order valence-electron chi connectivity index (χ4n) is 2.21. The normalized spacial score (nSPS) is 11.0. The van der Waals surface area contributed by atoms with Crippen LogP contribution < -0.4 is 19.6 Å². The van der Waals surface area contributed by atoms with Gasteiger partial charge >= 0.3 is 0 Å². The van der Waals surface area contributed by atoms with Crippen molar-refractivity contribution in [2.75, 3.05) is 20.8 Å². The Kier molecular flexibility index (Phi) is 7.29. The van der Waals surface area contributed by atoms with E-state index in [1.54, 1.807) is 44.6 Å². The molecular weight excluding hydrogens is 356 g/mol. The molecule has 6 nitrogen and oxygen atoms in total. The van der Waals surface area contributed by atoms with Crippen LogP contribution in [0.2, 0.25) is 5.02 Å². The Labute approximate surface area is 157 Å². The Morgan fingerprint density at radius 1 is 1.08 bits per heavy atom. The molecule has 2 aromatic carbocycles. The minimum Gasteiger partial charge on any atom is -0.493 e. The summed E-state index contributed by atoms with van der Waals surface area (Å²) in [5.74, 6) is 1.44. The molecular formula is C19H21ClN2O4. The van der Waals surface area contributed by atoms with Gasteiger partial charge in [0.25, 0.3) is 5.91 Å². The van der Waals surface area contributed by atoms with Crippen LogP contribution in [0, 0.1) is 0 Å². The van der Waals surface area contributed by atoms with Crippen LogP contribution in [0.1, 0.15) is 18.9 Å². The highest BCUT2D eigenvalue weighted by Crippen LogP contribution is 2.28. The number of hydrazone groups is 1. The van der Waals surface area contributed by atoms with Gasteiger partial charge < -0.3 is 14.2 Å². The van der Waals surface area contributed by atoms with E-state index >= 15 is 0 Å². The Morgan fingerprint density at radius 2 is 1.77 bits per heavy atom. The third-order valence-corrected chi connectivity index (χ3v) is 3.80. The van der Waals surface area contributed by atoms with Gasteiger partial charge in [-0.25, -0.2) is 5.43 Å². The smallest absolute Gasteiger partial charge is 0.277 e. The zero-order chi connectivity index (χ0) is 18.9. The number of carbonyl (C=O) groups is 1. The first kappa shape index (κ1) is 19.6. The van der Waals surface area contributed by atoms with Crippen molar-refractivity contribution >= 4 is 23.2 Å². The van der Waals surface area contributed by atoms with Crippen LogP contribution in [0.25, 0.3) is 0 Å². The molecule has 1 N–H and O–H groups in total. The van der Waals surface area contributed by atoms with Gasteiger partial charge in [0, 0.05) is 10.6 Å². The molecule has 0 aliphatic rings. The number of nitrogens with zero attached hydrogens (tertiary/aromatic N) is 1. The van der Waals surface area contributed by atoms with Crippen molar-refractivity contribution in [3.63, 3.8) is 0 Å². The van der Waals surface area contributed by atoms with Crippen LogP contribution in [-0.2, 0) is 4.79 Å². The number of benzene rings is 2. The fourth-order valence-corrected chi connectivity index (χ4v) is 2.33. The molecule has 0 aliphatic heterocycles. The van der Waals surface area contributed by atoms with Gasteiger partial charge in [-0.15, -0.1) is 0 Å². The molecule has 2 aromatic rings. The standard InChI is InChI=1S/C19H21ClN2O4/c1-4-16(13-5-10-17(24-2)18(11-13)25-3)21-22-19(23)12-26-15-8-6-14(20)7-9-15/h5-11H,4,12H2,1-3H3,(H,22,23)/b21-16+. The molecule has 26 heavy (non-hydrogen) atoms. The molecule has 0 bridgehead atoms. The Hall–Kier alpha value is -2.73. The van der Waals surface area contributed by atoms with Crippen molar-refractivity contribution in [1.82, 2.24) is 5.43 Å². The first-order chi connectivity index (χ1) is 12.6. The van der Waals surface area contributed by atoms with Gasteiger partial charge in [0.2, 0.25) is 0 Å². The molecule has 0 atom stereocenters. The first-order valence-corrected chi connectivity index (χ1v) is 8.41. The average molecular weight is 377 g/mol. The molecule has 0 aromatic heterocycles. The van der Waals surface area contributed by atoms with Gasteiger partial charge in [0.15, 0.2) is 18.1 Å². The molecule has 0 spiro atoms. The fraction of sp³-hybridized carbons (Fsp3) is 0.263. The van der Waals surface area contributed by atoms with Gasteiger partial charge in [-0.05, 0) is 48.9 Å². The van der Waals surface area contributed by atoms with Crippen LogP contribution in [0.15, 0.2) is 47.6 Å². The summed E-state index contributed by atoms with van der Waals surface area (Å²) in [6.45, 7) is 1.81. The molecule has 0 saturated heterocycles. The second-order valence-electron chi connectivity index (χ2n) is 5.26. The maximum Gasteiger partial charge on any atom is 0.277 e. The second-order valence-corrected chi connectivity index (χ2v) is 5.70. The predicted octanol–water partition coefficient (Wildman–Crippen LogP) is 3.67. The summed E-state index contributed by atoms with van der Waals surface area (Å²) in [6, 6.07) is 12.3. The molecule has 7 heteroatoms. The highest BCUT2D eigenvalue weighted by Gasteiger charge is 2.09. The Bertz CT molecular complexity index is 776. The minimum atomic E-state index is -0.355. The lowest BCUT2D eigenvalue weighted by atomic mass is 10.1. The lowest BCUT2D eigenvalue weighted by Gasteiger charge is -2.11. The summed E-state index contributed by atoms with van der Waals surface area (Å²) in [5, 5.41) is 4.79. The summed E-state index contributed by atoms with van der Waals surface area (Å²) >= 11 is 5.80. The van der Waals surface area contributed by atoms with Crippen LogP contribution in [0.5, 0.6) is 17.2 Å². The third kappa shape index (κ3) is 5.39. The van der Waals surface area contributed by atoms with Gasteiger partial charge in [-0.1, -0.05) is 18.5 Å². The number of amides is 1. The summed E-state index contributed by atoms with van der Waals surface area (Å²) < 4.78 is 15.9. The van der Waals surface area contributed by atoms with E-state index in [2.05, 4.69) is 10.5 Å². The zero-order valence-corrected chi connectivity index (χ0v) is 15.7. The third-order valence-electron chi connectivity index (χ3n) is 3.55. The number of hydrogen-bond donors (Lipinski definition) is 1. The molecule has 0 fully saturated rings. The van der Waals surface area contributed by atoms with E-state index in [0.717, 1.165) is 5.56 Å². The highest BCUT2D eigenvalue weighted by molar-refractivity contribution is 6.30. The first-order valence-electron chi connectivity index (χ1n) is 8.03. The lowest BCUT2D eigenvalue weighted by Crippen LogP contribution is -2.26. The van der Waals surface area contributed by atoms with Gasteiger partial charge in [-0.3, -0.25) is 4.79 Å². The van der Waals surface area contributed by atoms with E-state index in [0.29, 0.717) is 34.4 Å². The predicted molar refractivity (Wildman–Crippen MR) is 101 cm³/mol. The molecule has 0 saturated carbocycles. The molecule has 0 radical (unpaired) electrons. The number of halogens is 1. The number of hydrogen-bond acceptors (Lipinski definition) is 5. The van der Waals surface area contributed by atoms with Crippen LogP contribution >= 0.6 is 11.6 Å². The number of ether oxygens (including phenoxy) is 3.